The molecule has 1 aliphatic rings. The smallest absolute Gasteiger partial charge is 0.0300 e. The van der Waals surface area contributed by atoms with Gasteiger partial charge in [0.05, 0.1) is 0 Å². The minimum absolute atomic E-state index is 0.617. The van der Waals surface area contributed by atoms with Gasteiger partial charge in [0.15, 0.2) is 0 Å². The lowest BCUT2D eigenvalue weighted by molar-refractivity contribution is 0.135. The number of nitrogens with zero attached hydrogens (tertiary/aromatic N) is 2. The van der Waals surface area contributed by atoms with Gasteiger partial charge in [-0.05, 0) is 44.8 Å². The zero-order chi connectivity index (χ0) is 14.4. The summed E-state index contributed by atoms with van der Waals surface area (Å²) in [5.41, 5.74) is 0. The van der Waals surface area contributed by atoms with Gasteiger partial charge in [0.25, 0.3) is 0 Å². The maximum atomic E-state index is 3.62. The fourth-order valence-corrected chi connectivity index (χ4v) is 3.81. The van der Waals surface area contributed by atoms with E-state index in [9.17, 15) is 0 Å². The fraction of sp³-hybridized carbons (Fsp3) is 0.750. The highest BCUT2D eigenvalue weighted by molar-refractivity contribution is 7.09. The number of rotatable bonds is 6. The Labute approximate surface area is 128 Å². The van der Waals surface area contributed by atoms with E-state index in [-0.39, 0.29) is 0 Å². The van der Waals surface area contributed by atoms with E-state index in [1.807, 2.05) is 11.3 Å². The van der Waals surface area contributed by atoms with Gasteiger partial charge in [0, 0.05) is 43.1 Å². The lowest BCUT2D eigenvalue weighted by atomic mass is 10.1. The van der Waals surface area contributed by atoms with Crippen molar-refractivity contribution in [1.82, 2.24) is 15.1 Å². The molecule has 3 nitrogen and oxygen atoms in total. The molecule has 0 aliphatic carbocycles. The van der Waals surface area contributed by atoms with Crippen LogP contribution in [0.5, 0.6) is 0 Å². The molecule has 0 aromatic carbocycles. The SMILES string of the molecule is CCC1CN(C)CCCN1C(C)CNCc1cccs1. The van der Waals surface area contributed by atoms with Crippen molar-refractivity contribution in [3.63, 3.8) is 0 Å². The fourth-order valence-electron chi connectivity index (χ4n) is 3.14. The molecule has 0 spiro atoms. The Morgan fingerprint density at radius 2 is 2.30 bits per heavy atom. The summed E-state index contributed by atoms with van der Waals surface area (Å²) < 4.78 is 0. The topological polar surface area (TPSA) is 18.5 Å². The first kappa shape index (κ1) is 16.0. The lowest BCUT2D eigenvalue weighted by Crippen LogP contribution is -2.48. The minimum Gasteiger partial charge on any atom is -0.310 e. The molecule has 2 unspecified atom stereocenters. The zero-order valence-corrected chi connectivity index (χ0v) is 14.0. The molecule has 2 atom stereocenters. The van der Waals surface area contributed by atoms with E-state index < -0.39 is 0 Å². The van der Waals surface area contributed by atoms with Crippen LogP contribution in [0.15, 0.2) is 17.5 Å². The molecule has 2 rings (SSSR count). The van der Waals surface area contributed by atoms with E-state index in [1.54, 1.807) is 0 Å². The van der Waals surface area contributed by atoms with Gasteiger partial charge in [-0.25, -0.2) is 0 Å². The molecule has 0 amide bonds. The number of hydrogen-bond acceptors (Lipinski definition) is 4. The second kappa shape index (κ2) is 8.13. The highest BCUT2D eigenvalue weighted by Crippen LogP contribution is 2.15. The number of thiophene rings is 1. The van der Waals surface area contributed by atoms with Gasteiger partial charge in [-0.15, -0.1) is 11.3 Å². The van der Waals surface area contributed by atoms with E-state index in [0.29, 0.717) is 12.1 Å². The van der Waals surface area contributed by atoms with Crippen LogP contribution in [-0.2, 0) is 6.54 Å². The maximum absolute atomic E-state index is 3.62. The predicted octanol–water partition coefficient (Wildman–Crippen LogP) is 2.64. The van der Waals surface area contributed by atoms with Crippen molar-refractivity contribution < 1.29 is 0 Å². The van der Waals surface area contributed by atoms with E-state index in [1.165, 1.54) is 37.4 Å². The average Bonchev–Trinajstić information content (AvgIpc) is 2.87. The summed E-state index contributed by atoms with van der Waals surface area (Å²) in [7, 11) is 2.26. The second-order valence-electron chi connectivity index (χ2n) is 5.97. The molecule has 1 fully saturated rings. The van der Waals surface area contributed by atoms with Crippen LogP contribution >= 0.6 is 11.3 Å². The summed E-state index contributed by atoms with van der Waals surface area (Å²) in [5, 5.41) is 5.77. The van der Waals surface area contributed by atoms with Gasteiger partial charge in [-0.1, -0.05) is 13.0 Å². The Hall–Kier alpha value is -0.420. The maximum Gasteiger partial charge on any atom is 0.0300 e. The van der Waals surface area contributed by atoms with Crippen LogP contribution in [0, 0.1) is 0 Å². The first-order valence-electron chi connectivity index (χ1n) is 7.88. The van der Waals surface area contributed by atoms with E-state index in [4.69, 9.17) is 0 Å². The average molecular weight is 295 g/mol. The quantitative estimate of drug-likeness (QED) is 0.870. The van der Waals surface area contributed by atoms with Crippen molar-refractivity contribution in [2.75, 3.05) is 33.2 Å². The van der Waals surface area contributed by atoms with Crippen molar-refractivity contribution in [2.24, 2.45) is 0 Å². The van der Waals surface area contributed by atoms with Crippen molar-refractivity contribution in [3.8, 4) is 0 Å². The molecule has 2 heterocycles. The first-order chi connectivity index (χ1) is 9.70. The van der Waals surface area contributed by atoms with Crippen LogP contribution in [0.2, 0.25) is 0 Å². The van der Waals surface area contributed by atoms with Crippen LogP contribution in [0.25, 0.3) is 0 Å². The second-order valence-corrected chi connectivity index (χ2v) is 7.01. The van der Waals surface area contributed by atoms with Crippen LogP contribution in [0.1, 0.15) is 31.6 Å². The van der Waals surface area contributed by atoms with Gasteiger partial charge in [-0.3, -0.25) is 4.90 Å². The predicted molar refractivity (Wildman–Crippen MR) is 88.4 cm³/mol. The summed E-state index contributed by atoms with van der Waals surface area (Å²) >= 11 is 1.84. The molecule has 114 valence electrons. The molecular weight excluding hydrogens is 266 g/mol. The molecule has 1 aromatic rings. The van der Waals surface area contributed by atoms with Crippen molar-refractivity contribution in [1.29, 1.82) is 0 Å². The molecular formula is C16H29N3S. The number of nitrogens with one attached hydrogen (secondary N) is 1. The minimum atomic E-state index is 0.617. The van der Waals surface area contributed by atoms with Crippen molar-refractivity contribution in [3.05, 3.63) is 22.4 Å². The zero-order valence-electron chi connectivity index (χ0n) is 13.1. The summed E-state index contributed by atoms with van der Waals surface area (Å²) in [4.78, 5) is 6.63. The first-order valence-corrected chi connectivity index (χ1v) is 8.76. The Bertz CT molecular complexity index is 366. The molecule has 0 radical (unpaired) electrons. The van der Waals surface area contributed by atoms with E-state index in [2.05, 4.69) is 53.5 Å². The number of likely N-dealkylation sites (N-methyl/N-ethyl adjacent to an activating group) is 1. The molecule has 1 aromatic heterocycles. The Morgan fingerprint density at radius 1 is 1.45 bits per heavy atom. The monoisotopic (exact) mass is 295 g/mol. The number of hydrogen-bond donors (Lipinski definition) is 1. The van der Waals surface area contributed by atoms with Gasteiger partial charge < -0.3 is 10.2 Å². The molecule has 1 N–H and O–H groups in total. The van der Waals surface area contributed by atoms with Crippen LogP contribution < -0.4 is 5.32 Å². The van der Waals surface area contributed by atoms with Crippen LogP contribution in [-0.4, -0.2) is 55.1 Å². The third kappa shape index (κ3) is 4.55. The normalized spacial score (nSPS) is 23.6. The summed E-state index contributed by atoms with van der Waals surface area (Å²) in [5.74, 6) is 0. The van der Waals surface area contributed by atoms with Crippen LogP contribution in [0.4, 0.5) is 0 Å². The van der Waals surface area contributed by atoms with Crippen molar-refractivity contribution >= 4 is 11.3 Å². The molecule has 1 saturated heterocycles. The molecule has 1 aliphatic heterocycles. The summed E-state index contributed by atoms with van der Waals surface area (Å²) in [6, 6.07) is 5.66. The van der Waals surface area contributed by atoms with Gasteiger partial charge in [-0.2, -0.15) is 0 Å². The Morgan fingerprint density at radius 3 is 3.00 bits per heavy atom. The highest BCUT2D eigenvalue weighted by atomic mass is 32.1. The largest absolute Gasteiger partial charge is 0.310 e. The third-order valence-electron chi connectivity index (χ3n) is 4.30. The Kier molecular flexibility index (Phi) is 6.49. The molecule has 4 heteroatoms. The van der Waals surface area contributed by atoms with Crippen LogP contribution in [0.3, 0.4) is 0 Å². The van der Waals surface area contributed by atoms with E-state index in [0.717, 1.165) is 13.1 Å². The summed E-state index contributed by atoms with van der Waals surface area (Å²) in [6.07, 6.45) is 2.54. The molecule has 20 heavy (non-hydrogen) atoms. The Balaban J connectivity index is 1.81. The molecule has 0 bridgehead atoms. The van der Waals surface area contributed by atoms with Gasteiger partial charge in [0.2, 0.25) is 0 Å². The highest BCUT2D eigenvalue weighted by Gasteiger charge is 2.25. The van der Waals surface area contributed by atoms with Crippen molar-refractivity contribution in [2.45, 2.75) is 45.3 Å². The third-order valence-corrected chi connectivity index (χ3v) is 5.18. The van der Waals surface area contributed by atoms with E-state index >= 15 is 0 Å². The standard InChI is InChI=1S/C16H29N3S/c1-4-15-13-18(3)8-6-9-19(15)14(2)11-17-12-16-7-5-10-20-16/h5,7,10,14-15,17H,4,6,8-9,11-13H2,1-3H3. The van der Waals surface area contributed by atoms with Gasteiger partial charge in [0.1, 0.15) is 0 Å². The van der Waals surface area contributed by atoms with Gasteiger partial charge >= 0.3 is 0 Å². The molecule has 0 saturated carbocycles. The lowest BCUT2D eigenvalue weighted by Gasteiger charge is -2.35. The summed E-state index contributed by atoms with van der Waals surface area (Å²) in [6.45, 7) is 10.5.